The van der Waals surface area contributed by atoms with Gasteiger partial charge in [0.1, 0.15) is 5.76 Å². The summed E-state index contributed by atoms with van der Waals surface area (Å²) in [6, 6.07) is 13.3. The molecule has 1 fully saturated rings. The molecule has 1 aliphatic carbocycles. The molecular weight excluding hydrogens is 288 g/mol. The van der Waals surface area contributed by atoms with E-state index >= 15 is 0 Å². The van der Waals surface area contributed by atoms with E-state index in [1.165, 1.54) is 0 Å². The van der Waals surface area contributed by atoms with Crippen LogP contribution in [0.5, 0.6) is 0 Å². The lowest BCUT2D eigenvalue weighted by atomic mass is 10.0. The van der Waals surface area contributed by atoms with E-state index in [4.69, 9.17) is 9.40 Å². The highest BCUT2D eigenvalue weighted by atomic mass is 16.3. The quantitative estimate of drug-likeness (QED) is 0.786. The molecule has 1 amide bonds. The summed E-state index contributed by atoms with van der Waals surface area (Å²) in [4.78, 5) is 17.5. The molecule has 4 rings (SSSR count). The van der Waals surface area contributed by atoms with Gasteiger partial charge in [0.2, 0.25) is 0 Å². The predicted octanol–water partition coefficient (Wildman–Crippen LogP) is 4.20. The van der Waals surface area contributed by atoms with Gasteiger partial charge in [0.25, 0.3) is 5.91 Å². The van der Waals surface area contributed by atoms with Gasteiger partial charge in [0, 0.05) is 17.0 Å². The van der Waals surface area contributed by atoms with Crippen LogP contribution in [0.4, 0.5) is 0 Å². The van der Waals surface area contributed by atoms with Crippen molar-refractivity contribution in [1.82, 2.24) is 10.3 Å². The van der Waals surface area contributed by atoms with Crippen molar-refractivity contribution >= 4 is 16.8 Å². The van der Waals surface area contributed by atoms with Crippen molar-refractivity contribution in [3.63, 3.8) is 0 Å². The minimum absolute atomic E-state index is 0.0885. The van der Waals surface area contributed by atoms with E-state index in [1.54, 1.807) is 6.26 Å². The molecule has 1 saturated carbocycles. The number of fused-ring (bicyclic) bond motifs is 1. The molecule has 4 heteroatoms. The highest BCUT2D eigenvalue weighted by Gasteiger charge is 2.27. The Morgan fingerprint density at radius 1 is 1.26 bits per heavy atom. The van der Waals surface area contributed by atoms with Gasteiger partial charge in [-0.15, -0.1) is 0 Å². The second kappa shape index (κ2) is 5.54. The number of furan rings is 1. The van der Waals surface area contributed by atoms with Crippen molar-refractivity contribution in [2.75, 3.05) is 0 Å². The van der Waals surface area contributed by atoms with Crippen LogP contribution < -0.4 is 5.32 Å². The van der Waals surface area contributed by atoms with E-state index in [2.05, 4.69) is 5.32 Å². The van der Waals surface area contributed by atoms with Crippen LogP contribution in [0.3, 0.4) is 0 Å². The highest BCUT2D eigenvalue weighted by Crippen LogP contribution is 2.40. The monoisotopic (exact) mass is 306 g/mol. The molecule has 23 heavy (non-hydrogen) atoms. The van der Waals surface area contributed by atoms with Crippen LogP contribution in [-0.4, -0.2) is 10.9 Å². The normalized spacial score (nSPS) is 15.5. The molecule has 0 radical (unpaired) electrons. The van der Waals surface area contributed by atoms with Crippen molar-refractivity contribution in [3.8, 4) is 0 Å². The number of amides is 1. The number of pyridine rings is 1. The van der Waals surface area contributed by atoms with E-state index in [1.807, 2.05) is 49.4 Å². The van der Waals surface area contributed by atoms with E-state index in [9.17, 15) is 4.79 Å². The Kier molecular flexibility index (Phi) is 3.37. The Morgan fingerprint density at radius 2 is 2.09 bits per heavy atom. The first-order chi connectivity index (χ1) is 11.2. The largest absolute Gasteiger partial charge is 0.467 e. The number of hydrogen-bond donors (Lipinski definition) is 1. The van der Waals surface area contributed by atoms with Gasteiger partial charge < -0.3 is 9.73 Å². The summed E-state index contributed by atoms with van der Waals surface area (Å²) in [6.07, 6.45) is 3.94. The van der Waals surface area contributed by atoms with E-state index in [-0.39, 0.29) is 11.9 Å². The molecule has 2 aromatic heterocycles. The number of para-hydroxylation sites is 1. The van der Waals surface area contributed by atoms with E-state index in [0.29, 0.717) is 11.5 Å². The first-order valence-corrected chi connectivity index (χ1v) is 7.96. The van der Waals surface area contributed by atoms with Gasteiger partial charge in [-0.3, -0.25) is 9.78 Å². The molecule has 3 aromatic rings. The molecule has 0 aliphatic heterocycles. The Labute approximate surface area is 134 Å². The number of nitrogens with one attached hydrogen (secondary N) is 1. The Morgan fingerprint density at radius 3 is 2.83 bits per heavy atom. The summed E-state index contributed by atoms with van der Waals surface area (Å²) in [7, 11) is 0. The molecule has 1 atom stereocenters. The van der Waals surface area contributed by atoms with Gasteiger partial charge in [-0.1, -0.05) is 18.2 Å². The summed E-state index contributed by atoms with van der Waals surface area (Å²) < 4.78 is 5.36. The maximum absolute atomic E-state index is 12.8. The third kappa shape index (κ3) is 2.72. The second-order valence-corrected chi connectivity index (χ2v) is 6.10. The molecule has 2 heterocycles. The number of benzene rings is 1. The highest BCUT2D eigenvalue weighted by molar-refractivity contribution is 6.06. The molecule has 1 aliphatic rings. The van der Waals surface area contributed by atoms with E-state index < -0.39 is 0 Å². The van der Waals surface area contributed by atoms with Gasteiger partial charge in [0.05, 0.1) is 23.4 Å². The fraction of sp³-hybridized carbons (Fsp3) is 0.263. The fourth-order valence-electron chi connectivity index (χ4n) is 2.86. The number of carbonyl (C=O) groups is 1. The maximum Gasteiger partial charge on any atom is 0.252 e. The number of rotatable bonds is 4. The van der Waals surface area contributed by atoms with Gasteiger partial charge in [-0.25, -0.2) is 0 Å². The summed E-state index contributed by atoms with van der Waals surface area (Å²) in [5, 5.41) is 3.91. The average Bonchev–Trinajstić information content (AvgIpc) is 3.27. The van der Waals surface area contributed by atoms with Gasteiger partial charge in [-0.05, 0) is 44.0 Å². The Hall–Kier alpha value is -2.62. The first-order valence-electron chi connectivity index (χ1n) is 7.96. The topological polar surface area (TPSA) is 55.1 Å². The summed E-state index contributed by atoms with van der Waals surface area (Å²) in [6.45, 7) is 1.92. The standard InChI is InChI=1S/C19H18N2O2/c1-12(18-7-4-10-23-18)20-19(22)15-11-17(13-8-9-13)21-16-6-3-2-5-14(15)16/h2-7,10-13H,8-9H2,1H3,(H,20,22). The molecule has 0 saturated heterocycles. The molecule has 1 N–H and O–H groups in total. The predicted molar refractivity (Wildman–Crippen MR) is 88.3 cm³/mol. The average molecular weight is 306 g/mol. The van der Waals surface area contributed by atoms with Crippen molar-refractivity contribution in [3.05, 3.63) is 65.7 Å². The van der Waals surface area contributed by atoms with Crippen molar-refractivity contribution in [1.29, 1.82) is 0 Å². The molecule has 0 spiro atoms. The zero-order valence-corrected chi connectivity index (χ0v) is 13.0. The van der Waals surface area contributed by atoms with Gasteiger partial charge in [-0.2, -0.15) is 0 Å². The Bertz CT molecular complexity index is 851. The maximum atomic E-state index is 12.8. The smallest absolute Gasteiger partial charge is 0.252 e. The molecular formula is C19H18N2O2. The van der Waals surface area contributed by atoms with Crippen molar-refractivity contribution < 1.29 is 9.21 Å². The zero-order valence-electron chi connectivity index (χ0n) is 13.0. The van der Waals surface area contributed by atoms with Crippen LogP contribution in [-0.2, 0) is 0 Å². The van der Waals surface area contributed by atoms with Crippen LogP contribution in [0, 0.1) is 0 Å². The lowest BCUT2D eigenvalue weighted by Gasteiger charge is -2.14. The fourth-order valence-corrected chi connectivity index (χ4v) is 2.86. The number of carbonyl (C=O) groups excluding carboxylic acids is 1. The van der Waals surface area contributed by atoms with E-state index in [0.717, 1.165) is 35.2 Å². The van der Waals surface area contributed by atoms with Crippen LogP contribution >= 0.6 is 0 Å². The molecule has 1 unspecified atom stereocenters. The summed E-state index contributed by atoms with van der Waals surface area (Å²) in [5.41, 5.74) is 2.60. The first kappa shape index (κ1) is 14.0. The molecule has 0 bridgehead atoms. The summed E-state index contributed by atoms with van der Waals surface area (Å²) >= 11 is 0. The third-order valence-electron chi connectivity index (χ3n) is 4.29. The number of hydrogen-bond acceptors (Lipinski definition) is 3. The third-order valence-corrected chi connectivity index (χ3v) is 4.29. The lowest BCUT2D eigenvalue weighted by Crippen LogP contribution is -2.26. The van der Waals surface area contributed by atoms with Gasteiger partial charge in [0.15, 0.2) is 0 Å². The number of nitrogens with zero attached hydrogens (tertiary/aromatic N) is 1. The number of aromatic nitrogens is 1. The SMILES string of the molecule is CC(NC(=O)c1cc(C2CC2)nc2ccccc12)c1ccco1. The second-order valence-electron chi connectivity index (χ2n) is 6.10. The minimum atomic E-state index is -0.172. The summed E-state index contributed by atoms with van der Waals surface area (Å²) in [5.74, 6) is 1.17. The van der Waals surface area contributed by atoms with Crippen LogP contribution in [0.2, 0.25) is 0 Å². The zero-order chi connectivity index (χ0) is 15.8. The Balaban J connectivity index is 1.70. The van der Waals surface area contributed by atoms with Gasteiger partial charge >= 0.3 is 0 Å². The lowest BCUT2D eigenvalue weighted by molar-refractivity contribution is 0.0937. The molecule has 116 valence electrons. The van der Waals surface area contributed by atoms with Crippen molar-refractivity contribution in [2.45, 2.75) is 31.7 Å². The van der Waals surface area contributed by atoms with Crippen LogP contribution in [0.25, 0.3) is 10.9 Å². The minimum Gasteiger partial charge on any atom is -0.467 e. The van der Waals surface area contributed by atoms with Crippen molar-refractivity contribution in [2.24, 2.45) is 0 Å². The van der Waals surface area contributed by atoms with Crippen LogP contribution in [0.15, 0.2) is 53.1 Å². The molecule has 4 nitrogen and oxygen atoms in total. The molecule has 1 aromatic carbocycles. The van der Waals surface area contributed by atoms with Crippen LogP contribution in [0.1, 0.15) is 53.5 Å².